The first-order valence-corrected chi connectivity index (χ1v) is 5.53. The minimum Gasteiger partial charge on any atom is -0.233 e. The van der Waals surface area contributed by atoms with Gasteiger partial charge in [0.1, 0.15) is 11.0 Å². The van der Waals surface area contributed by atoms with E-state index in [1.165, 1.54) is 6.07 Å². The maximum Gasteiger partial charge on any atom is 0.417 e. The Morgan fingerprint density at radius 1 is 1.11 bits per heavy atom. The van der Waals surface area contributed by atoms with Crippen LogP contribution in [0.5, 0.6) is 0 Å². The molecule has 0 amide bonds. The van der Waals surface area contributed by atoms with Gasteiger partial charge < -0.3 is 0 Å². The molecule has 2 aromatic rings. The van der Waals surface area contributed by atoms with E-state index < -0.39 is 17.6 Å². The van der Waals surface area contributed by atoms with Gasteiger partial charge in [-0.15, -0.1) is 0 Å². The maximum absolute atomic E-state index is 13.0. The Balaban J connectivity index is 2.68. The molecule has 0 unspecified atom stereocenters. The average Bonchev–Trinajstić information content (AvgIpc) is 2.26. The molecule has 1 heterocycles. The van der Waals surface area contributed by atoms with Crippen molar-refractivity contribution in [2.45, 2.75) is 13.1 Å². The lowest BCUT2D eigenvalue weighted by atomic mass is 10.1. The molecule has 0 aliphatic carbocycles. The molecule has 0 spiro atoms. The SMILES string of the molecule is Cc1cc(Cl)nc(-c2ccc(F)cc2C(F)(F)F)n1. The van der Waals surface area contributed by atoms with Crippen molar-refractivity contribution >= 4 is 11.6 Å². The number of rotatable bonds is 1. The average molecular weight is 291 g/mol. The van der Waals surface area contributed by atoms with Crippen molar-refractivity contribution in [3.63, 3.8) is 0 Å². The van der Waals surface area contributed by atoms with Gasteiger partial charge in [0, 0.05) is 11.3 Å². The first kappa shape index (κ1) is 13.7. The number of hydrogen-bond donors (Lipinski definition) is 0. The third-order valence-electron chi connectivity index (χ3n) is 2.35. The zero-order valence-corrected chi connectivity index (χ0v) is 10.3. The zero-order valence-electron chi connectivity index (χ0n) is 9.59. The normalized spacial score (nSPS) is 11.7. The Hall–Kier alpha value is -1.69. The van der Waals surface area contributed by atoms with Crippen LogP contribution in [-0.4, -0.2) is 9.97 Å². The third-order valence-corrected chi connectivity index (χ3v) is 2.54. The number of benzene rings is 1. The van der Waals surface area contributed by atoms with E-state index in [0.29, 0.717) is 11.8 Å². The molecule has 1 aromatic carbocycles. The Morgan fingerprint density at radius 2 is 1.79 bits per heavy atom. The van der Waals surface area contributed by atoms with E-state index in [4.69, 9.17) is 11.6 Å². The maximum atomic E-state index is 13.0. The van der Waals surface area contributed by atoms with E-state index in [2.05, 4.69) is 9.97 Å². The van der Waals surface area contributed by atoms with Crippen molar-refractivity contribution in [2.75, 3.05) is 0 Å². The highest BCUT2D eigenvalue weighted by Gasteiger charge is 2.35. The second-order valence-corrected chi connectivity index (χ2v) is 4.23. The van der Waals surface area contributed by atoms with Crippen molar-refractivity contribution in [3.05, 3.63) is 46.5 Å². The van der Waals surface area contributed by atoms with E-state index in [-0.39, 0.29) is 16.5 Å². The van der Waals surface area contributed by atoms with Crippen LogP contribution >= 0.6 is 11.6 Å². The molecule has 0 aliphatic rings. The molecule has 2 rings (SSSR count). The van der Waals surface area contributed by atoms with Crippen molar-refractivity contribution < 1.29 is 17.6 Å². The molecule has 0 atom stereocenters. The molecule has 2 nitrogen and oxygen atoms in total. The van der Waals surface area contributed by atoms with Gasteiger partial charge in [0.2, 0.25) is 0 Å². The summed E-state index contributed by atoms with van der Waals surface area (Å²) in [7, 11) is 0. The summed E-state index contributed by atoms with van der Waals surface area (Å²) < 4.78 is 51.6. The number of nitrogens with zero attached hydrogens (tertiary/aromatic N) is 2. The molecule has 0 saturated carbocycles. The van der Waals surface area contributed by atoms with E-state index in [1.54, 1.807) is 6.92 Å². The summed E-state index contributed by atoms with van der Waals surface area (Å²) >= 11 is 5.69. The van der Waals surface area contributed by atoms with Crippen LogP contribution in [-0.2, 0) is 6.18 Å². The van der Waals surface area contributed by atoms with E-state index >= 15 is 0 Å². The lowest BCUT2D eigenvalue weighted by Crippen LogP contribution is -2.09. The van der Waals surface area contributed by atoms with Crippen LogP contribution in [0.15, 0.2) is 24.3 Å². The van der Waals surface area contributed by atoms with Gasteiger partial charge in [0.15, 0.2) is 5.82 Å². The largest absolute Gasteiger partial charge is 0.417 e. The van der Waals surface area contributed by atoms with Crippen molar-refractivity contribution in [1.29, 1.82) is 0 Å². The first-order chi connectivity index (χ1) is 8.77. The molecule has 1 aromatic heterocycles. The molecule has 100 valence electrons. The lowest BCUT2D eigenvalue weighted by Gasteiger charge is -2.12. The molecule has 0 fully saturated rings. The smallest absolute Gasteiger partial charge is 0.233 e. The fourth-order valence-corrected chi connectivity index (χ4v) is 1.83. The first-order valence-electron chi connectivity index (χ1n) is 5.15. The van der Waals surface area contributed by atoms with Crippen molar-refractivity contribution in [1.82, 2.24) is 9.97 Å². The highest BCUT2D eigenvalue weighted by Crippen LogP contribution is 2.36. The van der Waals surface area contributed by atoms with Crippen LogP contribution < -0.4 is 0 Å². The predicted molar refractivity (Wildman–Crippen MR) is 62.2 cm³/mol. The summed E-state index contributed by atoms with van der Waals surface area (Å²) in [6.07, 6.45) is -4.70. The van der Waals surface area contributed by atoms with Gasteiger partial charge in [0.25, 0.3) is 0 Å². The molecule has 0 bridgehead atoms. The van der Waals surface area contributed by atoms with Crippen LogP contribution in [0.25, 0.3) is 11.4 Å². The lowest BCUT2D eigenvalue weighted by molar-refractivity contribution is -0.137. The van der Waals surface area contributed by atoms with Gasteiger partial charge in [-0.05, 0) is 31.2 Å². The van der Waals surface area contributed by atoms with Crippen molar-refractivity contribution in [2.24, 2.45) is 0 Å². The topological polar surface area (TPSA) is 25.8 Å². The zero-order chi connectivity index (χ0) is 14.2. The second-order valence-electron chi connectivity index (χ2n) is 3.84. The van der Waals surface area contributed by atoms with E-state index in [1.807, 2.05) is 0 Å². The number of halogens is 5. The molecule has 19 heavy (non-hydrogen) atoms. The van der Waals surface area contributed by atoms with Crippen molar-refractivity contribution in [3.8, 4) is 11.4 Å². The summed E-state index contributed by atoms with van der Waals surface area (Å²) in [6.45, 7) is 1.58. The third kappa shape index (κ3) is 3.01. The Morgan fingerprint density at radius 3 is 2.37 bits per heavy atom. The highest BCUT2D eigenvalue weighted by atomic mass is 35.5. The number of aryl methyl sites for hydroxylation is 1. The minimum absolute atomic E-state index is 0.0277. The summed E-state index contributed by atoms with van der Waals surface area (Å²) in [5.74, 6) is -1.16. The fraction of sp³-hybridized carbons (Fsp3) is 0.167. The van der Waals surface area contributed by atoms with Gasteiger partial charge in [-0.1, -0.05) is 11.6 Å². The van der Waals surface area contributed by atoms with Gasteiger partial charge in [-0.25, -0.2) is 14.4 Å². The van der Waals surface area contributed by atoms with Crippen LogP contribution in [0.4, 0.5) is 17.6 Å². The van der Waals surface area contributed by atoms with E-state index in [0.717, 1.165) is 12.1 Å². The molecule has 0 saturated heterocycles. The molecular weight excluding hydrogens is 284 g/mol. The Kier molecular flexibility index (Phi) is 3.45. The monoisotopic (exact) mass is 290 g/mol. The van der Waals surface area contributed by atoms with Crippen LogP contribution in [0.2, 0.25) is 5.15 Å². The molecule has 0 radical (unpaired) electrons. The van der Waals surface area contributed by atoms with Gasteiger partial charge in [0.05, 0.1) is 5.56 Å². The summed E-state index contributed by atoms with van der Waals surface area (Å²) in [4.78, 5) is 7.63. The number of aromatic nitrogens is 2. The van der Waals surface area contributed by atoms with Crippen LogP contribution in [0.1, 0.15) is 11.3 Å². The van der Waals surface area contributed by atoms with Gasteiger partial charge in [-0.2, -0.15) is 13.2 Å². The number of alkyl halides is 3. The summed E-state index contributed by atoms with van der Waals surface area (Å²) in [5.41, 5.74) is -1.01. The molecule has 7 heteroatoms. The van der Waals surface area contributed by atoms with Crippen LogP contribution in [0.3, 0.4) is 0 Å². The molecule has 0 N–H and O–H groups in total. The van der Waals surface area contributed by atoms with Gasteiger partial charge >= 0.3 is 6.18 Å². The number of hydrogen-bond acceptors (Lipinski definition) is 2. The minimum atomic E-state index is -4.70. The van der Waals surface area contributed by atoms with E-state index in [9.17, 15) is 17.6 Å². The molecule has 0 aliphatic heterocycles. The summed E-state index contributed by atoms with van der Waals surface area (Å²) in [6, 6.07) is 3.74. The highest BCUT2D eigenvalue weighted by molar-refractivity contribution is 6.29. The van der Waals surface area contributed by atoms with Crippen LogP contribution in [0, 0.1) is 12.7 Å². The Bertz CT molecular complexity index is 605. The second kappa shape index (κ2) is 4.77. The summed E-state index contributed by atoms with van der Waals surface area (Å²) in [5, 5.41) is 0.0277. The quantitative estimate of drug-likeness (QED) is 0.579. The standard InChI is InChI=1S/C12H7ClF4N2/c1-6-4-10(13)19-11(18-6)8-3-2-7(14)5-9(8)12(15,16)17/h2-5H,1H3. The molecular formula is C12H7ClF4N2. The fourth-order valence-electron chi connectivity index (χ4n) is 1.60. The predicted octanol–water partition coefficient (Wildman–Crippen LogP) is 4.26. The Labute approximate surface area is 111 Å². The van der Waals surface area contributed by atoms with Gasteiger partial charge in [-0.3, -0.25) is 0 Å².